The molecule has 0 saturated carbocycles. The first-order valence-corrected chi connectivity index (χ1v) is 7.58. The Balaban J connectivity index is 1.91. The van der Waals surface area contributed by atoms with Gasteiger partial charge in [0.15, 0.2) is 5.69 Å². The topological polar surface area (TPSA) is 66.7 Å². The minimum Gasteiger partial charge on any atom is -0.361 e. The zero-order chi connectivity index (χ0) is 15.4. The second-order valence-electron chi connectivity index (χ2n) is 5.45. The van der Waals surface area contributed by atoms with E-state index in [4.69, 9.17) is 4.52 Å². The summed E-state index contributed by atoms with van der Waals surface area (Å²) in [5.41, 5.74) is 0.340. The number of carbonyl (C=O) groups excluding carboxylic acids is 2. The summed E-state index contributed by atoms with van der Waals surface area (Å²) in [6.45, 7) is 8.14. The van der Waals surface area contributed by atoms with E-state index in [2.05, 4.69) is 5.16 Å². The van der Waals surface area contributed by atoms with Crippen molar-refractivity contribution < 1.29 is 14.1 Å². The quantitative estimate of drug-likeness (QED) is 0.847. The summed E-state index contributed by atoms with van der Waals surface area (Å²) in [6.07, 6.45) is 1.74. The molecule has 6 heteroatoms. The SMILES string of the molecule is CCC(CC)C(=O)N1CCN(C(=O)c2cc(C)on2)CC1. The summed E-state index contributed by atoms with van der Waals surface area (Å²) in [4.78, 5) is 28.1. The molecule has 0 aromatic carbocycles. The third-order valence-corrected chi connectivity index (χ3v) is 4.06. The van der Waals surface area contributed by atoms with Gasteiger partial charge in [0.2, 0.25) is 5.91 Å². The van der Waals surface area contributed by atoms with Gasteiger partial charge < -0.3 is 14.3 Å². The molecule has 0 aliphatic carbocycles. The first-order valence-electron chi connectivity index (χ1n) is 7.58. The molecule has 0 radical (unpaired) electrons. The number of aromatic nitrogens is 1. The Bertz CT molecular complexity index is 500. The van der Waals surface area contributed by atoms with Crippen LogP contribution in [0.4, 0.5) is 0 Å². The number of nitrogens with zero attached hydrogens (tertiary/aromatic N) is 3. The van der Waals surface area contributed by atoms with Gasteiger partial charge in [-0.3, -0.25) is 9.59 Å². The summed E-state index contributed by atoms with van der Waals surface area (Å²) in [5.74, 6) is 0.817. The molecular formula is C15H23N3O3. The van der Waals surface area contributed by atoms with Gasteiger partial charge in [-0.15, -0.1) is 0 Å². The number of piperazine rings is 1. The van der Waals surface area contributed by atoms with Gasteiger partial charge in [-0.05, 0) is 19.8 Å². The second-order valence-corrected chi connectivity index (χ2v) is 5.45. The summed E-state index contributed by atoms with van der Waals surface area (Å²) >= 11 is 0. The van der Waals surface area contributed by atoms with E-state index in [1.54, 1.807) is 17.9 Å². The van der Waals surface area contributed by atoms with Crippen molar-refractivity contribution in [3.8, 4) is 0 Å². The Kier molecular flexibility index (Phi) is 4.98. The van der Waals surface area contributed by atoms with Crippen molar-refractivity contribution in [3.63, 3.8) is 0 Å². The summed E-state index contributed by atoms with van der Waals surface area (Å²) in [6, 6.07) is 1.64. The Labute approximate surface area is 125 Å². The molecule has 2 amide bonds. The van der Waals surface area contributed by atoms with E-state index in [1.807, 2.05) is 18.7 Å². The van der Waals surface area contributed by atoms with E-state index in [0.717, 1.165) is 12.8 Å². The van der Waals surface area contributed by atoms with Crippen LogP contribution in [0, 0.1) is 12.8 Å². The number of hydrogen-bond acceptors (Lipinski definition) is 4. The highest BCUT2D eigenvalue weighted by Gasteiger charge is 2.28. The molecule has 116 valence electrons. The molecule has 1 saturated heterocycles. The number of hydrogen-bond donors (Lipinski definition) is 0. The molecule has 1 aliphatic rings. The van der Waals surface area contributed by atoms with Crippen LogP contribution in [0.2, 0.25) is 0 Å². The van der Waals surface area contributed by atoms with Crippen molar-refractivity contribution in [1.82, 2.24) is 15.0 Å². The van der Waals surface area contributed by atoms with Crippen molar-refractivity contribution in [2.24, 2.45) is 5.92 Å². The highest BCUT2D eigenvalue weighted by Crippen LogP contribution is 2.15. The normalized spacial score (nSPS) is 15.6. The Hall–Kier alpha value is -1.85. The highest BCUT2D eigenvalue weighted by atomic mass is 16.5. The third kappa shape index (κ3) is 3.43. The molecule has 1 aliphatic heterocycles. The fourth-order valence-electron chi connectivity index (χ4n) is 2.66. The van der Waals surface area contributed by atoms with Gasteiger partial charge in [-0.1, -0.05) is 19.0 Å². The first kappa shape index (κ1) is 15.5. The van der Waals surface area contributed by atoms with Crippen LogP contribution in [0.1, 0.15) is 42.9 Å². The van der Waals surface area contributed by atoms with E-state index >= 15 is 0 Å². The van der Waals surface area contributed by atoms with Crippen LogP contribution in [0.5, 0.6) is 0 Å². The molecule has 2 rings (SSSR count). The molecule has 1 aromatic rings. The van der Waals surface area contributed by atoms with E-state index in [0.29, 0.717) is 37.6 Å². The number of rotatable bonds is 4. The monoisotopic (exact) mass is 293 g/mol. The molecule has 0 unspecified atom stereocenters. The fraction of sp³-hybridized carbons (Fsp3) is 0.667. The lowest BCUT2D eigenvalue weighted by atomic mass is 10.0. The van der Waals surface area contributed by atoms with Gasteiger partial charge in [-0.25, -0.2) is 0 Å². The minimum atomic E-state index is -0.124. The van der Waals surface area contributed by atoms with Crippen LogP contribution < -0.4 is 0 Å². The minimum absolute atomic E-state index is 0.102. The van der Waals surface area contributed by atoms with E-state index in [-0.39, 0.29) is 17.7 Å². The molecule has 1 aromatic heterocycles. The largest absolute Gasteiger partial charge is 0.361 e. The molecule has 0 N–H and O–H groups in total. The second kappa shape index (κ2) is 6.74. The van der Waals surface area contributed by atoms with E-state index in [9.17, 15) is 9.59 Å². The lowest BCUT2D eigenvalue weighted by molar-refractivity contribution is -0.137. The maximum atomic E-state index is 12.3. The molecule has 0 bridgehead atoms. The number of amides is 2. The van der Waals surface area contributed by atoms with Gasteiger partial charge in [0, 0.05) is 38.2 Å². The fourth-order valence-corrected chi connectivity index (χ4v) is 2.66. The smallest absolute Gasteiger partial charge is 0.276 e. The lowest BCUT2D eigenvalue weighted by Crippen LogP contribution is -2.52. The van der Waals surface area contributed by atoms with E-state index < -0.39 is 0 Å². The van der Waals surface area contributed by atoms with Crippen molar-refractivity contribution >= 4 is 11.8 Å². The van der Waals surface area contributed by atoms with Gasteiger partial charge in [-0.2, -0.15) is 0 Å². The zero-order valence-electron chi connectivity index (χ0n) is 13.0. The Morgan fingerprint density at radius 3 is 2.24 bits per heavy atom. The Morgan fingerprint density at radius 2 is 1.76 bits per heavy atom. The predicted molar refractivity (Wildman–Crippen MR) is 77.8 cm³/mol. The van der Waals surface area contributed by atoms with Gasteiger partial charge in [0.1, 0.15) is 5.76 Å². The lowest BCUT2D eigenvalue weighted by Gasteiger charge is -2.35. The van der Waals surface area contributed by atoms with E-state index in [1.165, 1.54) is 0 Å². The van der Waals surface area contributed by atoms with Gasteiger partial charge in [0.25, 0.3) is 5.91 Å². The summed E-state index contributed by atoms with van der Waals surface area (Å²) in [7, 11) is 0. The van der Waals surface area contributed by atoms with Gasteiger partial charge in [0.05, 0.1) is 0 Å². The predicted octanol–water partition coefficient (Wildman–Crippen LogP) is 1.70. The van der Waals surface area contributed by atoms with Crippen LogP contribution in [-0.2, 0) is 4.79 Å². The summed E-state index contributed by atoms with van der Waals surface area (Å²) in [5, 5.41) is 3.75. The number of carbonyl (C=O) groups is 2. The van der Waals surface area contributed by atoms with Crippen LogP contribution >= 0.6 is 0 Å². The molecule has 0 atom stereocenters. The molecule has 21 heavy (non-hydrogen) atoms. The maximum Gasteiger partial charge on any atom is 0.276 e. The van der Waals surface area contributed by atoms with Gasteiger partial charge >= 0.3 is 0 Å². The van der Waals surface area contributed by atoms with Crippen molar-refractivity contribution in [2.75, 3.05) is 26.2 Å². The molecule has 0 spiro atoms. The average molecular weight is 293 g/mol. The first-order chi connectivity index (χ1) is 10.1. The third-order valence-electron chi connectivity index (χ3n) is 4.06. The zero-order valence-corrected chi connectivity index (χ0v) is 13.0. The highest BCUT2D eigenvalue weighted by molar-refractivity contribution is 5.92. The van der Waals surface area contributed by atoms with Crippen LogP contribution in [0.15, 0.2) is 10.6 Å². The van der Waals surface area contributed by atoms with Crippen LogP contribution in [0.25, 0.3) is 0 Å². The summed E-state index contributed by atoms with van der Waals surface area (Å²) < 4.78 is 4.93. The molecule has 2 heterocycles. The Morgan fingerprint density at radius 1 is 1.19 bits per heavy atom. The van der Waals surface area contributed by atoms with Crippen molar-refractivity contribution in [1.29, 1.82) is 0 Å². The molecular weight excluding hydrogens is 270 g/mol. The molecule has 6 nitrogen and oxygen atoms in total. The van der Waals surface area contributed by atoms with Crippen molar-refractivity contribution in [2.45, 2.75) is 33.6 Å². The average Bonchev–Trinajstić information content (AvgIpc) is 2.94. The van der Waals surface area contributed by atoms with Crippen LogP contribution in [-0.4, -0.2) is 52.9 Å². The van der Waals surface area contributed by atoms with Crippen molar-refractivity contribution in [3.05, 3.63) is 17.5 Å². The standard InChI is InChI=1S/C15H23N3O3/c1-4-12(5-2)14(19)17-6-8-18(9-7-17)15(20)13-10-11(3)21-16-13/h10,12H,4-9H2,1-3H3. The van der Waals surface area contributed by atoms with Crippen LogP contribution in [0.3, 0.4) is 0 Å². The molecule has 1 fully saturated rings. The maximum absolute atomic E-state index is 12.3. The number of aryl methyl sites for hydroxylation is 1.